The second-order valence-electron chi connectivity index (χ2n) is 5.47. The van der Waals surface area contributed by atoms with Crippen molar-refractivity contribution in [3.05, 3.63) is 23.8 Å². The van der Waals surface area contributed by atoms with Gasteiger partial charge in [0.2, 0.25) is 0 Å². The van der Waals surface area contributed by atoms with Crippen LogP contribution >= 0.6 is 0 Å². The number of methoxy groups -OCH3 is 1. The van der Waals surface area contributed by atoms with Crippen molar-refractivity contribution in [1.82, 2.24) is 5.32 Å². The zero-order chi connectivity index (χ0) is 13.1. The van der Waals surface area contributed by atoms with E-state index in [2.05, 4.69) is 33.0 Å². The Morgan fingerprint density at radius 1 is 1.35 bits per heavy atom. The van der Waals surface area contributed by atoms with Gasteiger partial charge in [0, 0.05) is 12.6 Å². The molecule has 1 atom stereocenters. The summed E-state index contributed by atoms with van der Waals surface area (Å²) in [6, 6.07) is 5.84. The highest BCUT2D eigenvalue weighted by Gasteiger charge is 2.19. The number of hydrogen-bond acceptors (Lipinski definition) is 3. The molecule has 1 rings (SSSR count). The molecule has 0 spiro atoms. The predicted molar refractivity (Wildman–Crippen MR) is 70.4 cm³/mol. The summed E-state index contributed by atoms with van der Waals surface area (Å²) in [5, 5.41) is 13.0. The highest BCUT2D eigenvalue weighted by molar-refractivity contribution is 5.41. The van der Waals surface area contributed by atoms with Gasteiger partial charge in [-0.2, -0.15) is 0 Å². The van der Waals surface area contributed by atoms with E-state index >= 15 is 0 Å². The van der Waals surface area contributed by atoms with Crippen molar-refractivity contribution in [2.24, 2.45) is 5.41 Å². The van der Waals surface area contributed by atoms with Gasteiger partial charge < -0.3 is 15.2 Å². The number of ether oxygens (including phenoxy) is 1. The molecule has 0 saturated heterocycles. The van der Waals surface area contributed by atoms with E-state index in [0.29, 0.717) is 11.8 Å². The number of hydrogen-bond donors (Lipinski definition) is 2. The lowest BCUT2D eigenvalue weighted by molar-refractivity contribution is 0.285. The normalized spacial score (nSPS) is 13.5. The van der Waals surface area contributed by atoms with Gasteiger partial charge in [0.05, 0.1) is 7.11 Å². The van der Waals surface area contributed by atoms with Crippen LogP contribution in [0.3, 0.4) is 0 Å². The van der Waals surface area contributed by atoms with Gasteiger partial charge in [-0.25, -0.2) is 0 Å². The maximum Gasteiger partial charge on any atom is 0.160 e. The third-order valence-corrected chi connectivity index (χ3v) is 3.16. The van der Waals surface area contributed by atoms with Gasteiger partial charge in [0.25, 0.3) is 0 Å². The smallest absolute Gasteiger partial charge is 0.160 e. The van der Waals surface area contributed by atoms with Crippen molar-refractivity contribution in [3.8, 4) is 11.5 Å². The van der Waals surface area contributed by atoms with E-state index in [1.807, 2.05) is 12.1 Å². The molecule has 1 unspecified atom stereocenters. The molecule has 0 aliphatic carbocycles. The van der Waals surface area contributed by atoms with Crippen LogP contribution in [0, 0.1) is 5.41 Å². The minimum atomic E-state index is 0.181. The first kappa shape index (κ1) is 13.8. The van der Waals surface area contributed by atoms with Gasteiger partial charge in [0.1, 0.15) is 0 Å². The van der Waals surface area contributed by atoms with Crippen molar-refractivity contribution in [2.45, 2.75) is 40.3 Å². The second kappa shape index (κ2) is 5.41. The summed E-state index contributed by atoms with van der Waals surface area (Å²) < 4.78 is 5.08. The largest absolute Gasteiger partial charge is 0.504 e. The van der Waals surface area contributed by atoms with Crippen molar-refractivity contribution in [1.29, 1.82) is 0 Å². The number of phenols is 1. The summed E-state index contributed by atoms with van der Waals surface area (Å²) in [6.07, 6.45) is 0. The Labute approximate surface area is 104 Å². The van der Waals surface area contributed by atoms with Gasteiger partial charge in [-0.05, 0) is 30.0 Å². The fraction of sp³-hybridized carbons (Fsp3) is 0.571. The minimum Gasteiger partial charge on any atom is -0.504 e. The Hall–Kier alpha value is -1.22. The predicted octanol–water partition coefficient (Wildman–Crippen LogP) is 2.93. The topological polar surface area (TPSA) is 41.5 Å². The Kier molecular flexibility index (Phi) is 4.40. The number of aromatic hydroxyl groups is 1. The van der Waals surface area contributed by atoms with E-state index in [-0.39, 0.29) is 11.2 Å². The summed E-state index contributed by atoms with van der Waals surface area (Å²) in [7, 11) is 1.56. The molecule has 0 aromatic heterocycles. The fourth-order valence-corrected chi connectivity index (χ4v) is 1.41. The lowest BCUT2D eigenvalue weighted by Crippen LogP contribution is -2.37. The monoisotopic (exact) mass is 237 g/mol. The molecule has 0 radical (unpaired) electrons. The number of phenolic OH excluding ortho intramolecular Hbond substituents is 1. The van der Waals surface area contributed by atoms with Crippen LogP contribution in [-0.4, -0.2) is 18.3 Å². The van der Waals surface area contributed by atoms with Gasteiger partial charge >= 0.3 is 0 Å². The van der Waals surface area contributed by atoms with Crippen LogP contribution in [-0.2, 0) is 6.54 Å². The minimum absolute atomic E-state index is 0.181. The summed E-state index contributed by atoms with van der Waals surface area (Å²) in [4.78, 5) is 0. The number of rotatable bonds is 4. The molecule has 0 bridgehead atoms. The van der Waals surface area contributed by atoms with E-state index < -0.39 is 0 Å². The van der Waals surface area contributed by atoms with Gasteiger partial charge in [-0.1, -0.05) is 26.8 Å². The van der Waals surface area contributed by atoms with Crippen LogP contribution in [0.25, 0.3) is 0 Å². The quantitative estimate of drug-likeness (QED) is 0.846. The molecule has 1 aromatic rings. The van der Waals surface area contributed by atoms with Crippen molar-refractivity contribution < 1.29 is 9.84 Å². The van der Waals surface area contributed by atoms with Crippen LogP contribution in [0.1, 0.15) is 33.3 Å². The van der Waals surface area contributed by atoms with Crippen LogP contribution in [0.4, 0.5) is 0 Å². The maximum absolute atomic E-state index is 9.50. The Bertz CT molecular complexity index is 369. The number of benzene rings is 1. The third kappa shape index (κ3) is 3.93. The molecule has 0 heterocycles. The lowest BCUT2D eigenvalue weighted by atomic mass is 9.88. The first-order chi connectivity index (χ1) is 7.84. The molecule has 17 heavy (non-hydrogen) atoms. The average Bonchev–Trinajstić information content (AvgIpc) is 2.26. The fourth-order valence-electron chi connectivity index (χ4n) is 1.41. The Morgan fingerprint density at radius 3 is 2.53 bits per heavy atom. The Balaban J connectivity index is 2.64. The number of nitrogens with one attached hydrogen (secondary N) is 1. The zero-order valence-electron chi connectivity index (χ0n) is 11.4. The van der Waals surface area contributed by atoms with Crippen molar-refractivity contribution >= 4 is 0 Å². The molecule has 0 aliphatic rings. The molecule has 0 aliphatic heterocycles. The molecule has 1 aromatic carbocycles. The summed E-state index contributed by atoms with van der Waals surface area (Å²) in [5.41, 5.74) is 1.34. The Morgan fingerprint density at radius 2 is 2.00 bits per heavy atom. The highest BCUT2D eigenvalue weighted by Crippen LogP contribution is 2.26. The molecule has 0 saturated carbocycles. The van der Waals surface area contributed by atoms with Crippen molar-refractivity contribution in [3.63, 3.8) is 0 Å². The van der Waals surface area contributed by atoms with E-state index in [0.717, 1.165) is 12.1 Å². The van der Waals surface area contributed by atoms with E-state index in [4.69, 9.17) is 4.74 Å². The molecular weight excluding hydrogens is 214 g/mol. The molecule has 3 heteroatoms. The van der Waals surface area contributed by atoms with E-state index in [1.165, 1.54) is 0 Å². The van der Waals surface area contributed by atoms with Crippen LogP contribution < -0.4 is 10.1 Å². The average molecular weight is 237 g/mol. The van der Waals surface area contributed by atoms with Gasteiger partial charge in [0.15, 0.2) is 11.5 Å². The molecular formula is C14H23NO2. The van der Waals surface area contributed by atoms with Gasteiger partial charge in [-0.15, -0.1) is 0 Å². The summed E-state index contributed by atoms with van der Waals surface area (Å²) in [6.45, 7) is 9.58. The van der Waals surface area contributed by atoms with E-state index in [9.17, 15) is 5.11 Å². The third-order valence-electron chi connectivity index (χ3n) is 3.16. The van der Waals surface area contributed by atoms with Crippen LogP contribution in [0.2, 0.25) is 0 Å². The van der Waals surface area contributed by atoms with E-state index in [1.54, 1.807) is 13.2 Å². The van der Waals surface area contributed by atoms with Gasteiger partial charge in [-0.3, -0.25) is 0 Å². The van der Waals surface area contributed by atoms with Crippen LogP contribution in [0.15, 0.2) is 18.2 Å². The standard InChI is InChI=1S/C14H23NO2/c1-10(14(2,3)4)15-9-11-6-7-12(16)13(8-11)17-5/h6-8,10,15-16H,9H2,1-5H3. The van der Waals surface area contributed by atoms with Crippen LogP contribution in [0.5, 0.6) is 11.5 Å². The maximum atomic E-state index is 9.50. The molecule has 3 nitrogen and oxygen atoms in total. The first-order valence-corrected chi connectivity index (χ1v) is 5.94. The molecule has 0 fully saturated rings. The molecule has 96 valence electrons. The summed E-state index contributed by atoms with van der Waals surface area (Å²) in [5.74, 6) is 0.702. The van der Waals surface area contributed by atoms with Crippen molar-refractivity contribution in [2.75, 3.05) is 7.11 Å². The SMILES string of the molecule is COc1cc(CNC(C)C(C)(C)C)ccc1O. The summed E-state index contributed by atoms with van der Waals surface area (Å²) >= 11 is 0. The highest BCUT2D eigenvalue weighted by atomic mass is 16.5. The molecule has 0 amide bonds. The first-order valence-electron chi connectivity index (χ1n) is 5.94. The lowest BCUT2D eigenvalue weighted by Gasteiger charge is -2.28. The second-order valence-corrected chi connectivity index (χ2v) is 5.47. The zero-order valence-corrected chi connectivity index (χ0v) is 11.4. The molecule has 2 N–H and O–H groups in total.